The molecular formula is C10H6Br2FNOS. The van der Waals surface area contributed by atoms with Crippen LogP contribution in [0.3, 0.4) is 0 Å². The summed E-state index contributed by atoms with van der Waals surface area (Å²) in [7, 11) is 0. The van der Waals surface area contributed by atoms with Crippen molar-refractivity contribution in [2.75, 3.05) is 0 Å². The van der Waals surface area contributed by atoms with Gasteiger partial charge in [0.05, 0.1) is 10.4 Å². The van der Waals surface area contributed by atoms with Crippen LogP contribution in [0.5, 0.6) is 0 Å². The molecule has 1 aromatic carbocycles. The summed E-state index contributed by atoms with van der Waals surface area (Å²) in [4.78, 5) is 4.64. The number of aliphatic hydroxyl groups excluding tert-OH is 1. The zero-order valence-electron chi connectivity index (χ0n) is 7.82. The summed E-state index contributed by atoms with van der Waals surface area (Å²) < 4.78 is 14.3. The van der Waals surface area contributed by atoms with Crippen LogP contribution in [0.4, 0.5) is 4.39 Å². The summed E-state index contributed by atoms with van der Waals surface area (Å²) in [5, 5.41) is 10.1. The molecule has 1 atom stereocenters. The van der Waals surface area contributed by atoms with Crippen LogP contribution in [0.1, 0.15) is 16.5 Å². The lowest BCUT2D eigenvalue weighted by Crippen LogP contribution is -2.00. The molecule has 0 saturated heterocycles. The molecule has 0 aliphatic rings. The molecule has 0 aliphatic heterocycles. The molecule has 1 heterocycles. The molecule has 0 bridgehead atoms. The average molecular weight is 367 g/mol. The van der Waals surface area contributed by atoms with Gasteiger partial charge in [0.1, 0.15) is 16.5 Å². The summed E-state index contributed by atoms with van der Waals surface area (Å²) in [5.74, 6) is -0.377. The first-order valence-electron chi connectivity index (χ1n) is 4.31. The highest BCUT2D eigenvalue weighted by molar-refractivity contribution is 9.10. The SMILES string of the molecule is OC(c1cc(F)ccc1Br)c1scnc1Br. The predicted octanol–water partition coefficient (Wildman–Crippen LogP) is 3.89. The largest absolute Gasteiger partial charge is 0.383 e. The van der Waals surface area contributed by atoms with Gasteiger partial charge >= 0.3 is 0 Å². The fourth-order valence-corrected chi connectivity index (χ4v) is 3.16. The number of thiazole rings is 1. The Hall–Kier alpha value is -0.300. The number of hydrogen-bond acceptors (Lipinski definition) is 3. The summed E-state index contributed by atoms with van der Waals surface area (Å²) >= 11 is 7.84. The highest BCUT2D eigenvalue weighted by atomic mass is 79.9. The number of nitrogens with zero attached hydrogens (tertiary/aromatic N) is 1. The van der Waals surface area contributed by atoms with Crippen LogP contribution in [0, 0.1) is 5.82 Å². The van der Waals surface area contributed by atoms with Crippen LogP contribution in [0.2, 0.25) is 0 Å². The van der Waals surface area contributed by atoms with Crippen LogP contribution in [-0.4, -0.2) is 10.1 Å². The lowest BCUT2D eigenvalue weighted by Gasteiger charge is -2.11. The summed E-state index contributed by atoms with van der Waals surface area (Å²) in [6.45, 7) is 0. The Labute approximate surface area is 112 Å². The van der Waals surface area contributed by atoms with Crippen LogP contribution >= 0.6 is 43.2 Å². The summed E-state index contributed by atoms with van der Waals surface area (Å²) in [5.41, 5.74) is 2.11. The standard InChI is InChI=1S/C10H6Br2FNOS/c11-7-2-1-5(13)3-6(7)8(15)9-10(12)14-4-16-9/h1-4,8,15H. The zero-order chi connectivity index (χ0) is 11.7. The molecule has 2 nitrogen and oxygen atoms in total. The van der Waals surface area contributed by atoms with Gasteiger partial charge in [0, 0.05) is 10.0 Å². The van der Waals surface area contributed by atoms with Crippen molar-refractivity contribution in [3.05, 3.63) is 49.0 Å². The maximum absolute atomic E-state index is 13.1. The fraction of sp³-hybridized carbons (Fsp3) is 0.100. The molecule has 6 heteroatoms. The highest BCUT2D eigenvalue weighted by Crippen LogP contribution is 2.34. The van der Waals surface area contributed by atoms with Crippen LogP contribution in [0.15, 0.2) is 32.8 Å². The first-order chi connectivity index (χ1) is 7.59. The molecule has 0 saturated carbocycles. The minimum absolute atomic E-state index is 0.377. The number of rotatable bonds is 2. The van der Waals surface area contributed by atoms with Crippen molar-refractivity contribution in [2.45, 2.75) is 6.10 Å². The maximum Gasteiger partial charge on any atom is 0.123 e. The molecule has 1 unspecified atom stereocenters. The van der Waals surface area contributed by atoms with Crippen molar-refractivity contribution in [3.8, 4) is 0 Å². The minimum Gasteiger partial charge on any atom is -0.383 e. The third kappa shape index (κ3) is 2.34. The third-order valence-electron chi connectivity index (χ3n) is 2.05. The zero-order valence-corrected chi connectivity index (χ0v) is 11.8. The lowest BCUT2D eigenvalue weighted by atomic mass is 10.1. The third-order valence-corrected chi connectivity index (χ3v) is 4.55. The number of benzene rings is 1. The normalized spacial score (nSPS) is 12.8. The van der Waals surface area contributed by atoms with E-state index >= 15 is 0 Å². The van der Waals surface area contributed by atoms with Gasteiger partial charge in [-0.05, 0) is 34.1 Å². The lowest BCUT2D eigenvalue weighted by molar-refractivity contribution is 0.222. The van der Waals surface area contributed by atoms with Crippen molar-refractivity contribution in [2.24, 2.45) is 0 Å². The van der Waals surface area contributed by atoms with E-state index < -0.39 is 6.10 Å². The summed E-state index contributed by atoms with van der Waals surface area (Å²) in [6.07, 6.45) is -0.882. The Morgan fingerprint density at radius 1 is 1.38 bits per heavy atom. The Morgan fingerprint density at radius 3 is 2.75 bits per heavy atom. The monoisotopic (exact) mass is 365 g/mol. The molecule has 0 radical (unpaired) electrons. The van der Waals surface area contributed by atoms with Crippen LogP contribution < -0.4 is 0 Å². The van der Waals surface area contributed by atoms with E-state index in [1.165, 1.54) is 23.5 Å². The van der Waals surface area contributed by atoms with Gasteiger partial charge in [-0.2, -0.15) is 0 Å². The van der Waals surface area contributed by atoms with Crippen molar-refractivity contribution in [3.63, 3.8) is 0 Å². The Kier molecular flexibility index (Phi) is 3.73. The maximum atomic E-state index is 13.1. The van der Waals surface area contributed by atoms with E-state index in [2.05, 4.69) is 36.8 Å². The smallest absolute Gasteiger partial charge is 0.123 e. The molecule has 0 fully saturated rings. The van der Waals surface area contributed by atoms with Gasteiger partial charge in [0.2, 0.25) is 0 Å². The van der Waals surface area contributed by atoms with Gasteiger partial charge in [-0.15, -0.1) is 11.3 Å². The van der Waals surface area contributed by atoms with E-state index in [1.807, 2.05) is 0 Å². The van der Waals surface area contributed by atoms with E-state index in [9.17, 15) is 9.50 Å². The molecule has 1 N–H and O–H groups in total. The summed E-state index contributed by atoms with van der Waals surface area (Å²) in [6, 6.07) is 4.21. The minimum atomic E-state index is -0.882. The van der Waals surface area contributed by atoms with Gasteiger partial charge in [0.25, 0.3) is 0 Å². The molecule has 2 rings (SSSR count). The van der Waals surface area contributed by atoms with Gasteiger partial charge in [0.15, 0.2) is 0 Å². The van der Waals surface area contributed by atoms with Crippen LogP contribution in [0.25, 0.3) is 0 Å². The Bertz CT molecular complexity index is 517. The molecular weight excluding hydrogens is 361 g/mol. The molecule has 2 aromatic rings. The van der Waals surface area contributed by atoms with Gasteiger partial charge in [-0.3, -0.25) is 0 Å². The Balaban J connectivity index is 2.45. The molecule has 0 amide bonds. The van der Waals surface area contributed by atoms with Crippen LogP contribution in [-0.2, 0) is 0 Å². The van der Waals surface area contributed by atoms with Crippen molar-refractivity contribution in [1.82, 2.24) is 4.98 Å². The number of aromatic nitrogens is 1. The second-order valence-corrected chi connectivity index (χ2v) is 5.57. The molecule has 1 aromatic heterocycles. The van der Waals surface area contributed by atoms with E-state index in [0.717, 1.165) is 0 Å². The molecule has 0 spiro atoms. The van der Waals surface area contributed by atoms with E-state index in [0.29, 0.717) is 19.5 Å². The van der Waals surface area contributed by atoms with E-state index in [-0.39, 0.29) is 5.82 Å². The van der Waals surface area contributed by atoms with E-state index in [4.69, 9.17) is 0 Å². The fourth-order valence-electron chi connectivity index (χ4n) is 1.28. The van der Waals surface area contributed by atoms with Crippen molar-refractivity contribution < 1.29 is 9.50 Å². The molecule has 0 aliphatic carbocycles. The van der Waals surface area contributed by atoms with Gasteiger partial charge in [-0.1, -0.05) is 15.9 Å². The topological polar surface area (TPSA) is 33.1 Å². The average Bonchev–Trinajstić information content (AvgIpc) is 2.67. The number of halogens is 3. The second-order valence-electron chi connectivity index (χ2n) is 3.08. The Morgan fingerprint density at radius 2 is 2.12 bits per heavy atom. The number of hydrogen-bond donors (Lipinski definition) is 1. The highest BCUT2D eigenvalue weighted by Gasteiger charge is 2.19. The van der Waals surface area contributed by atoms with Gasteiger partial charge < -0.3 is 5.11 Å². The first kappa shape index (κ1) is 12.2. The van der Waals surface area contributed by atoms with Gasteiger partial charge in [-0.25, -0.2) is 9.37 Å². The number of aliphatic hydroxyl groups is 1. The quantitative estimate of drug-likeness (QED) is 0.874. The van der Waals surface area contributed by atoms with Crippen molar-refractivity contribution in [1.29, 1.82) is 0 Å². The second kappa shape index (κ2) is 4.91. The van der Waals surface area contributed by atoms with E-state index in [1.54, 1.807) is 11.6 Å². The predicted molar refractivity (Wildman–Crippen MR) is 68.0 cm³/mol. The van der Waals surface area contributed by atoms with Crippen molar-refractivity contribution >= 4 is 43.2 Å². The molecule has 84 valence electrons. The first-order valence-corrected chi connectivity index (χ1v) is 6.78. The molecule has 16 heavy (non-hydrogen) atoms.